The highest BCUT2D eigenvalue weighted by molar-refractivity contribution is 7.89. The summed E-state index contributed by atoms with van der Waals surface area (Å²) in [7, 11) is -1.78. The fraction of sp³-hybridized carbons (Fsp3) is 0.696. The van der Waals surface area contributed by atoms with E-state index in [1.54, 1.807) is 18.2 Å². The van der Waals surface area contributed by atoms with Crippen LogP contribution in [0.1, 0.15) is 56.8 Å². The lowest BCUT2D eigenvalue weighted by atomic mass is 9.86. The minimum Gasteiger partial charge on any atom is -0.378 e. The van der Waals surface area contributed by atoms with Gasteiger partial charge in [0.25, 0.3) is 5.91 Å². The van der Waals surface area contributed by atoms with Crippen molar-refractivity contribution in [1.82, 2.24) is 9.21 Å². The smallest absolute Gasteiger partial charge is 0.255 e. The minimum atomic E-state index is -3.64. The van der Waals surface area contributed by atoms with Gasteiger partial charge in [-0.2, -0.15) is 4.31 Å². The molecule has 0 bridgehead atoms. The van der Waals surface area contributed by atoms with Crippen LogP contribution in [0.4, 0.5) is 5.69 Å². The summed E-state index contributed by atoms with van der Waals surface area (Å²) in [5.41, 5.74) is 1.26. The molecule has 0 radical (unpaired) electrons. The lowest BCUT2D eigenvalue weighted by molar-refractivity contribution is 0.0679. The van der Waals surface area contributed by atoms with Crippen LogP contribution >= 0.6 is 0 Å². The average molecular weight is 452 g/mol. The van der Waals surface area contributed by atoms with Crippen molar-refractivity contribution < 1.29 is 17.9 Å². The second-order valence-corrected chi connectivity index (χ2v) is 10.6. The van der Waals surface area contributed by atoms with Crippen molar-refractivity contribution in [3.8, 4) is 0 Å². The molecule has 0 atom stereocenters. The summed E-state index contributed by atoms with van der Waals surface area (Å²) in [6.45, 7) is 9.28. The van der Waals surface area contributed by atoms with Gasteiger partial charge in [0.15, 0.2) is 0 Å². The average Bonchev–Trinajstić information content (AvgIpc) is 2.79. The van der Waals surface area contributed by atoms with Crippen molar-refractivity contribution in [3.05, 3.63) is 23.8 Å². The van der Waals surface area contributed by atoms with E-state index in [4.69, 9.17) is 4.74 Å². The molecule has 1 saturated carbocycles. The fourth-order valence-corrected chi connectivity index (χ4v) is 6.11. The Hall–Kier alpha value is -1.64. The van der Waals surface area contributed by atoms with Crippen molar-refractivity contribution >= 4 is 21.6 Å². The molecule has 0 spiro atoms. The molecule has 1 aliphatic heterocycles. The number of anilines is 1. The van der Waals surface area contributed by atoms with Crippen LogP contribution in [0.15, 0.2) is 23.1 Å². The highest BCUT2D eigenvalue weighted by atomic mass is 32.2. The van der Waals surface area contributed by atoms with E-state index in [2.05, 4.69) is 11.8 Å². The fourth-order valence-electron chi connectivity index (χ4n) is 4.63. The Morgan fingerprint density at radius 2 is 1.71 bits per heavy atom. The second kappa shape index (κ2) is 10.3. The van der Waals surface area contributed by atoms with Crippen molar-refractivity contribution in [2.24, 2.45) is 5.92 Å². The van der Waals surface area contributed by atoms with Gasteiger partial charge in [-0.25, -0.2) is 8.42 Å². The largest absolute Gasteiger partial charge is 0.378 e. The maximum atomic E-state index is 13.6. The molecular weight excluding hydrogens is 414 g/mol. The van der Waals surface area contributed by atoms with Crippen molar-refractivity contribution in [2.45, 2.75) is 57.4 Å². The van der Waals surface area contributed by atoms with Gasteiger partial charge < -0.3 is 14.5 Å². The van der Waals surface area contributed by atoms with Gasteiger partial charge in [0.2, 0.25) is 10.0 Å². The first-order valence-electron chi connectivity index (χ1n) is 11.5. The molecule has 3 rings (SSSR count). The van der Waals surface area contributed by atoms with Gasteiger partial charge in [-0.15, -0.1) is 0 Å². The first kappa shape index (κ1) is 24.0. The number of hydrogen-bond acceptors (Lipinski definition) is 5. The summed E-state index contributed by atoms with van der Waals surface area (Å²) >= 11 is 0. The number of rotatable bonds is 7. The summed E-state index contributed by atoms with van der Waals surface area (Å²) in [4.78, 5) is 17.8. The van der Waals surface area contributed by atoms with Crippen LogP contribution in [0.5, 0.6) is 0 Å². The van der Waals surface area contributed by atoms with E-state index in [0.717, 1.165) is 31.4 Å². The third kappa shape index (κ3) is 5.23. The zero-order valence-corrected chi connectivity index (χ0v) is 20.2. The Labute approximate surface area is 187 Å². The summed E-state index contributed by atoms with van der Waals surface area (Å²) < 4.78 is 33.2. The maximum absolute atomic E-state index is 13.6. The summed E-state index contributed by atoms with van der Waals surface area (Å²) in [5.74, 6) is 0.601. The van der Waals surface area contributed by atoms with Crippen molar-refractivity contribution in [2.75, 3.05) is 51.3 Å². The molecule has 8 heteroatoms. The Balaban J connectivity index is 1.98. The van der Waals surface area contributed by atoms with Gasteiger partial charge in [0.1, 0.15) is 0 Å². The highest BCUT2D eigenvalue weighted by Gasteiger charge is 2.30. The third-order valence-corrected chi connectivity index (χ3v) is 8.79. The second-order valence-electron chi connectivity index (χ2n) is 8.70. The molecule has 1 aromatic rings. The van der Waals surface area contributed by atoms with Gasteiger partial charge in [0, 0.05) is 45.0 Å². The Morgan fingerprint density at radius 1 is 1.10 bits per heavy atom. The minimum absolute atomic E-state index is 0.0994. The van der Waals surface area contributed by atoms with Crippen LogP contribution < -0.4 is 4.90 Å². The zero-order chi connectivity index (χ0) is 22.6. The molecule has 174 valence electrons. The Kier molecular flexibility index (Phi) is 7.99. The Morgan fingerprint density at radius 3 is 2.29 bits per heavy atom. The van der Waals surface area contributed by atoms with Gasteiger partial charge >= 0.3 is 0 Å². The maximum Gasteiger partial charge on any atom is 0.255 e. The molecule has 31 heavy (non-hydrogen) atoms. The number of sulfonamides is 1. The topological polar surface area (TPSA) is 70.2 Å². The number of ether oxygens (including phenoxy) is 1. The van der Waals surface area contributed by atoms with Crippen molar-refractivity contribution in [3.63, 3.8) is 0 Å². The molecule has 7 nitrogen and oxygen atoms in total. The molecular formula is C23H37N3O4S. The molecule has 1 aromatic carbocycles. The van der Waals surface area contributed by atoms with Crippen LogP contribution in [0.25, 0.3) is 0 Å². The number of carbonyl (C=O) groups excluding carboxylic acids is 1. The van der Waals surface area contributed by atoms with Crippen LogP contribution in [0.3, 0.4) is 0 Å². The number of carbonyl (C=O) groups is 1. The van der Waals surface area contributed by atoms with E-state index in [0.29, 0.717) is 50.9 Å². The normalized spacial score (nSPS) is 22.5. The van der Waals surface area contributed by atoms with Gasteiger partial charge in [0.05, 0.1) is 23.7 Å². The number of amides is 1. The Bertz CT molecular complexity index is 856. The molecule has 0 aromatic heterocycles. The molecule has 1 aliphatic carbocycles. The van der Waals surface area contributed by atoms with Crippen LogP contribution in [0.2, 0.25) is 0 Å². The molecule has 0 N–H and O–H groups in total. The van der Waals surface area contributed by atoms with Gasteiger partial charge in [-0.1, -0.05) is 20.8 Å². The van der Waals surface area contributed by atoms with Crippen LogP contribution in [0, 0.1) is 5.92 Å². The molecule has 1 heterocycles. The number of hydrogen-bond donors (Lipinski definition) is 0. The molecule has 1 amide bonds. The van der Waals surface area contributed by atoms with Crippen LogP contribution in [-0.2, 0) is 14.8 Å². The van der Waals surface area contributed by atoms with E-state index in [-0.39, 0.29) is 16.8 Å². The van der Waals surface area contributed by atoms with E-state index in [9.17, 15) is 13.2 Å². The number of benzene rings is 1. The first-order valence-corrected chi connectivity index (χ1v) is 13.0. The van der Waals surface area contributed by atoms with E-state index >= 15 is 0 Å². The van der Waals surface area contributed by atoms with E-state index in [1.165, 1.54) is 4.31 Å². The lowest BCUT2D eigenvalue weighted by Gasteiger charge is -2.35. The van der Waals surface area contributed by atoms with Crippen LogP contribution in [-0.4, -0.2) is 76.0 Å². The SMILES string of the molecule is CCN(CC)S(=O)(=O)c1ccc(N2CCOCC2)c(C(=O)N(C)C2CCC(C)CC2)c1. The predicted molar refractivity (Wildman–Crippen MR) is 123 cm³/mol. The molecule has 1 saturated heterocycles. The summed E-state index contributed by atoms with van der Waals surface area (Å²) in [6, 6.07) is 5.22. The first-order chi connectivity index (χ1) is 14.8. The predicted octanol–water partition coefficient (Wildman–Crippen LogP) is 3.20. The van der Waals surface area contributed by atoms with E-state index < -0.39 is 10.0 Å². The number of nitrogens with zero attached hydrogens (tertiary/aromatic N) is 3. The molecule has 0 unspecified atom stereocenters. The summed E-state index contributed by atoms with van der Waals surface area (Å²) in [6.07, 6.45) is 4.23. The lowest BCUT2D eigenvalue weighted by Crippen LogP contribution is -2.41. The van der Waals surface area contributed by atoms with Crippen molar-refractivity contribution in [1.29, 1.82) is 0 Å². The monoisotopic (exact) mass is 451 g/mol. The quantitative estimate of drug-likeness (QED) is 0.637. The van der Waals surface area contributed by atoms with Gasteiger partial charge in [-0.3, -0.25) is 4.79 Å². The molecule has 2 fully saturated rings. The third-order valence-electron chi connectivity index (χ3n) is 6.75. The highest BCUT2D eigenvalue weighted by Crippen LogP contribution is 2.31. The summed E-state index contributed by atoms with van der Waals surface area (Å²) in [5, 5.41) is 0. The molecule has 2 aliphatic rings. The van der Waals surface area contributed by atoms with E-state index in [1.807, 2.05) is 25.8 Å². The zero-order valence-electron chi connectivity index (χ0n) is 19.3. The standard InChI is InChI=1S/C23H37N3O4S/c1-5-26(6-2)31(28,29)20-11-12-22(25-13-15-30-16-14-25)21(17-20)23(27)24(4)19-9-7-18(3)8-10-19/h11-12,17-19H,5-10,13-16H2,1-4H3. The van der Waals surface area contributed by atoms with Gasteiger partial charge in [-0.05, 0) is 49.8 Å². The number of morpholine rings is 1.